The van der Waals surface area contributed by atoms with Crippen LogP contribution < -0.4 is 11.3 Å². The van der Waals surface area contributed by atoms with Gasteiger partial charge in [-0.1, -0.05) is 12.2 Å². The lowest BCUT2D eigenvalue weighted by atomic mass is 9.96. The molecule has 248 valence electrons. The molecule has 3 fully saturated rings. The Bertz CT molecular complexity index is 1970. The van der Waals surface area contributed by atoms with E-state index in [2.05, 4.69) is 41.5 Å². The van der Waals surface area contributed by atoms with E-state index in [4.69, 9.17) is 33.3 Å². The van der Waals surface area contributed by atoms with E-state index in [1.807, 2.05) is 0 Å². The van der Waals surface area contributed by atoms with E-state index in [-0.39, 0.29) is 38.7 Å². The number of anilines is 1. The lowest BCUT2D eigenvalue weighted by Gasteiger charge is -2.25. The maximum absolute atomic E-state index is 16.0. The van der Waals surface area contributed by atoms with Crippen LogP contribution in [0.3, 0.4) is 0 Å². The van der Waals surface area contributed by atoms with Crippen LogP contribution in [0.4, 0.5) is 10.2 Å². The minimum atomic E-state index is -5.03. The molecule has 0 saturated carbocycles. The first-order valence-corrected chi connectivity index (χ1v) is 18.5. The van der Waals surface area contributed by atoms with E-state index >= 15 is 4.39 Å². The van der Waals surface area contributed by atoms with Gasteiger partial charge in [0, 0.05) is 5.92 Å². The molecule has 0 aromatic carbocycles. The van der Waals surface area contributed by atoms with Gasteiger partial charge in [-0.05, 0) is 18.5 Å². The van der Waals surface area contributed by atoms with Gasteiger partial charge in [0.05, 0.1) is 37.1 Å². The number of imidazole rings is 1. The van der Waals surface area contributed by atoms with Crippen LogP contribution >= 0.6 is 38.4 Å². The molecule has 0 radical (unpaired) electrons. The molecule has 0 spiro atoms. The van der Waals surface area contributed by atoms with Crippen LogP contribution in [0.5, 0.6) is 0 Å². The number of thiol groups is 1. The number of aliphatic hydroxyl groups excluding tert-OH is 1. The van der Waals surface area contributed by atoms with Crippen molar-refractivity contribution in [2.24, 2.45) is 5.92 Å². The van der Waals surface area contributed by atoms with Gasteiger partial charge in [0.1, 0.15) is 47.6 Å². The second kappa shape index (κ2) is 11.9. The summed E-state index contributed by atoms with van der Waals surface area (Å²) in [4.78, 5) is 42.5. The monoisotopic (exact) mass is 722 g/mol. The third kappa shape index (κ3) is 5.69. The molecule has 1 unspecified atom stereocenters. The Hall–Kier alpha value is -2.46. The molecule has 4 aromatic rings. The van der Waals surface area contributed by atoms with E-state index in [0.717, 1.165) is 17.9 Å². The Morgan fingerprint density at radius 3 is 2.70 bits per heavy atom. The molecule has 24 heteroatoms. The first-order chi connectivity index (χ1) is 21.9. The summed E-state index contributed by atoms with van der Waals surface area (Å²) in [5.74, 6) is -0.748. The van der Waals surface area contributed by atoms with Crippen molar-refractivity contribution < 1.29 is 51.1 Å². The van der Waals surface area contributed by atoms with Crippen LogP contribution in [-0.2, 0) is 36.7 Å². The lowest BCUT2D eigenvalue weighted by Crippen LogP contribution is -2.33. The number of ether oxygens (including phenoxy) is 2. The molecule has 46 heavy (non-hydrogen) atoms. The number of aryl methyl sites for hydroxylation is 1. The largest absolute Gasteiger partial charge is 0.472 e. The fourth-order valence-corrected chi connectivity index (χ4v) is 8.96. The van der Waals surface area contributed by atoms with Crippen molar-refractivity contribution in [2.75, 3.05) is 25.6 Å². The standard InChI is InChI=1S/C22H25FN8O11P2S2/c1-7-28-12-13(21(33)29-7)30-46-18(12)17-15-8(2-32)9(39-17)3-38-44(36,45)42-16-10(4-37-43(34,35)41-15)40-22(11(16)23)31-6-27-14-19(24)25-5-26-20(14)31/h5-6,8-11,15-17,22,32H,2-4H2,1H3,(H,34,35)(H,36,45)(H2,24,25,26)(H,28,29,33)/t8-,9-,10-,11-,15-,16-,17-,22-,44+/m1/s1. The van der Waals surface area contributed by atoms with Crippen LogP contribution in [0.1, 0.15) is 23.0 Å². The molecule has 5 N–H and O–H groups in total. The highest BCUT2D eigenvalue weighted by Gasteiger charge is 2.54. The molecule has 3 aliphatic heterocycles. The number of aromatic amines is 1. The quantitative estimate of drug-likeness (QED) is 0.148. The molecule has 7 rings (SSSR count). The highest BCUT2D eigenvalue weighted by molar-refractivity contribution is 8.44. The number of phosphoric acid groups is 1. The molecule has 2 bridgehead atoms. The number of phosphoric ester groups is 1. The van der Waals surface area contributed by atoms with Crippen molar-refractivity contribution in [3.8, 4) is 0 Å². The fraction of sp³-hybridized carbons (Fsp3) is 0.545. The second-order valence-electron chi connectivity index (χ2n) is 10.6. The third-order valence-corrected chi connectivity index (χ3v) is 11.2. The number of nitrogens with one attached hydrogen (secondary N) is 1. The Morgan fingerprint density at radius 1 is 1.13 bits per heavy atom. The van der Waals surface area contributed by atoms with Crippen molar-refractivity contribution in [3.63, 3.8) is 0 Å². The van der Waals surface area contributed by atoms with Crippen molar-refractivity contribution >= 4 is 66.4 Å². The fourth-order valence-electron chi connectivity index (χ4n) is 5.63. The van der Waals surface area contributed by atoms with E-state index in [0.29, 0.717) is 0 Å². The number of hydrogen-bond acceptors (Lipinski definition) is 17. The maximum Gasteiger partial charge on any atom is 0.472 e. The summed E-state index contributed by atoms with van der Waals surface area (Å²) in [5.41, 5.74) is 5.77. The van der Waals surface area contributed by atoms with Gasteiger partial charge < -0.3 is 30.2 Å². The van der Waals surface area contributed by atoms with Crippen molar-refractivity contribution in [1.29, 1.82) is 0 Å². The van der Waals surface area contributed by atoms with Crippen molar-refractivity contribution in [2.45, 2.75) is 49.8 Å². The second-order valence-corrected chi connectivity index (χ2v) is 15.7. The average Bonchev–Trinajstić information content (AvgIpc) is 3.75. The van der Waals surface area contributed by atoms with Gasteiger partial charge in [-0.15, -0.1) is 0 Å². The number of aliphatic hydroxyl groups is 1. The van der Waals surface area contributed by atoms with E-state index < -0.39 is 88.8 Å². The number of H-pyrrole nitrogens is 1. The summed E-state index contributed by atoms with van der Waals surface area (Å²) in [6, 6.07) is 0. The predicted molar refractivity (Wildman–Crippen MR) is 158 cm³/mol. The van der Waals surface area contributed by atoms with E-state index in [9.17, 15) is 23.9 Å². The van der Waals surface area contributed by atoms with Gasteiger partial charge in [0.25, 0.3) is 5.56 Å². The van der Waals surface area contributed by atoms with Gasteiger partial charge in [0.15, 0.2) is 29.4 Å². The van der Waals surface area contributed by atoms with Gasteiger partial charge in [0.2, 0.25) is 0 Å². The smallest absolute Gasteiger partial charge is 0.396 e. The normalized spacial score (nSPS) is 37.2. The number of nitrogens with zero attached hydrogens (tertiary/aromatic N) is 6. The topological polar surface area (TPSA) is 258 Å². The first-order valence-electron chi connectivity index (χ1n) is 13.5. The van der Waals surface area contributed by atoms with Gasteiger partial charge in [-0.3, -0.25) is 27.5 Å². The molecule has 19 nitrogen and oxygen atoms in total. The highest BCUT2D eigenvalue weighted by Crippen LogP contribution is 2.59. The first kappa shape index (κ1) is 32.1. The number of halogens is 1. The number of aromatic nitrogens is 7. The molecule has 3 saturated heterocycles. The van der Waals surface area contributed by atoms with E-state index in [1.165, 1.54) is 10.9 Å². The zero-order valence-electron chi connectivity index (χ0n) is 23.4. The molecule has 7 heterocycles. The molecular formula is C22H25FN8O11P2S2. The minimum absolute atomic E-state index is 0.00105. The van der Waals surface area contributed by atoms with Crippen LogP contribution in [-0.4, -0.2) is 94.3 Å². The lowest BCUT2D eigenvalue weighted by molar-refractivity contribution is -0.0512. The number of hydrogen-bond donors (Lipinski definition) is 5. The number of nitrogen functional groups attached to an aromatic ring is 1. The van der Waals surface area contributed by atoms with Gasteiger partial charge in [-0.2, -0.15) is 4.37 Å². The highest BCUT2D eigenvalue weighted by atomic mass is 32.7. The molecule has 4 aromatic heterocycles. The summed E-state index contributed by atoms with van der Waals surface area (Å²) >= 11 is 4.87. The maximum atomic E-state index is 16.0. The molecule has 0 amide bonds. The van der Waals surface area contributed by atoms with Crippen molar-refractivity contribution in [1.82, 2.24) is 33.9 Å². The molecule has 0 aliphatic carbocycles. The summed E-state index contributed by atoms with van der Waals surface area (Å²) < 4.78 is 82.0. The number of alkyl halides is 1. The van der Waals surface area contributed by atoms with Crippen LogP contribution in [0.25, 0.3) is 22.2 Å². The average molecular weight is 723 g/mol. The number of fused-ring (bicyclic) bond motifs is 5. The van der Waals surface area contributed by atoms with Crippen LogP contribution in [0.15, 0.2) is 17.4 Å². The third-order valence-electron chi connectivity index (χ3n) is 7.71. The number of nitrogens with two attached hydrogens (primary N) is 1. The van der Waals surface area contributed by atoms with Crippen LogP contribution in [0, 0.1) is 12.8 Å². The Labute approximate surface area is 266 Å². The predicted octanol–water partition coefficient (Wildman–Crippen LogP) is 1.35. The number of rotatable bonds is 3. The van der Waals surface area contributed by atoms with Gasteiger partial charge >= 0.3 is 14.6 Å². The SMILES string of the molecule is Cc1nc2c([C@@H]3O[C@@H]4CO[P@](=O)(S)O[C@H]5[C@@H](F)[C@H](n6cnc7c(N)ncnc76)O[C@@H]5COP(=O)(O)O[C@@H]3[C@@H]4CO)snc2c(=O)[nH]1. The summed E-state index contributed by atoms with van der Waals surface area (Å²) in [6.45, 7) is -4.83. The summed E-state index contributed by atoms with van der Waals surface area (Å²) in [7, 11) is -5.03. The van der Waals surface area contributed by atoms with Gasteiger partial charge in [-0.25, -0.2) is 33.5 Å². The zero-order valence-corrected chi connectivity index (χ0v) is 26.9. The Kier molecular flexibility index (Phi) is 8.31. The van der Waals surface area contributed by atoms with E-state index in [1.54, 1.807) is 6.92 Å². The minimum Gasteiger partial charge on any atom is -0.396 e. The molecule has 3 aliphatic rings. The Balaban J connectivity index is 1.22. The Morgan fingerprint density at radius 2 is 1.91 bits per heavy atom. The molecular weight excluding hydrogens is 697 g/mol. The zero-order chi connectivity index (χ0) is 32.5. The molecule has 10 atom stereocenters. The summed E-state index contributed by atoms with van der Waals surface area (Å²) in [5, 5.41) is 10.3. The summed E-state index contributed by atoms with van der Waals surface area (Å²) in [6.07, 6.45) is -8.07. The van der Waals surface area contributed by atoms with Crippen LogP contribution in [0.2, 0.25) is 0 Å². The van der Waals surface area contributed by atoms with Crippen molar-refractivity contribution in [3.05, 3.63) is 33.7 Å².